The van der Waals surface area contributed by atoms with Crippen molar-refractivity contribution < 1.29 is 4.79 Å². The van der Waals surface area contributed by atoms with Gasteiger partial charge in [0.1, 0.15) is 12.2 Å². The molecule has 0 radical (unpaired) electrons. The summed E-state index contributed by atoms with van der Waals surface area (Å²) in [5.74, 6) is 0.581. The monoisotopic (exact) mass is 512 g/mol. The third-order valence-corrected chi connectivity index (χ3v) is 6.64. The predicted octanol–water partition coefficient (Wildman–Crippen LogP) is 4.03. The lowest BCUT2D eigenvalue weighted by atomic mass is 10.0. The summed E-state index contributed by atoms with van der Waals surface area (Å²) in [6.07, 6.45) is 4.73. The van der Waals surface area contributed by atoms with E-state index in [2.05, 4.69) is 30.8 Å². The van der Waals surface area contributed by atoms with Crippen LogP contribution in [0.15, 0.2) is 71.9 Å². The maximum Gasteiger partial charge on any atom is 0.252 e. The Kier molecular flexibility index (Phi) is 5.65. The van der Waals surface area contributed by atoms with Crippen molar-refractivity contribution in [3.8, 4) is 28.1 Å². The molecule has 6 rings (SSSR count). The number of amides is 1. The molecule has 1 aliphatic heterocycles. The summed E-state index contributed by atoms with van der Waals surface area (Å²) in [5, 5.41) is 14.8. The van der Waals surface area contributed by atoms with Crippen molar-refractivity contribution in [2.24, 2.45) is 0 Å². The van der Waals surface area contributed by atoms with Gasteiger partial charge in [-0.25, -0.2) is 4.98 Å². The fourth-order valence-electron chi connectivity index (χ4n) is 4.84. The number of aryl methyl sites for hydroxylation is 1. The summed E-state index contributed by atoms with van der Waals surface area (Å²) < 4.78 is 3.34. The van der Waals surface area contributed by atoms with Crippen LogP contribution in [-0.4, -0.2) is 40.6 Å². The quantitative estimate of drug-likeness (QED) is 0.366. The third kappa shape index (κ3) is 4.31. The summed E-state index contributed by atoms with van der Waals surface area (Å²) >= 11 is 6.30. The highest BCUT2D eigenvalue weighted by Gasteiger charge is 2.28. The molecule has 0 aliphatic carbocycles. The molecular weight excluding hydrogens is 492 g/mol. The molecule has 2 aromatic carbocycles. The number of aromatic amines is 1. The number of halogens is 1. The summed E-state index contributed by atoms with van der Waals surface area (Å²) in [7, 11) is 0. The third-order valence-electron chi connectivity index (χ3n) is 6.40. The Hall–Kier alpha value is -4.57. The van der Waals surface area contributed by atoms with Crippen LogP contribution in [0.25, 0.3) is 28.1 Å². The molecule has 0 saturated carbocycles. The topological polar surface area (TPSA) is 123 Å². The molecule has 0 unspecified atom stereocenters. The standard InChI is InChI=1S/C26H21ClN8O2/c1-15(36)30-19-4-2-3-16(9-19)22-13-28-26(31-22)24-8-6-20-10-17(11-25(37)35(20)24)21-12-18(27)5-7-23(21)34-14-29-32-33-34/h2-5,7,9-14,24H,6,8H2,1H3,(H,28,31)(H,30,36)/t24-/m0/s1. The van der Waals surface area contributed by atoms with Crippen LogP contribution >= 0.6 is 11.6 Å². The molecule has 1 amide bonds. The van der Waals surface area contributed by atoms with Crippen molar-refractivity contribution in [2.75, 3.05) is 5.32 Å². The van der Waals surface area contributed by atoms with Crippen LogP contribution in [0.1, 0.15) is 30.9 Å². The first kappa shape index (κ1) is 22.9. The van der Waals surface area contributed by atoms with Gasteiger partial charge in [0.2, 0.25) is 5.91 Å². The van der Waals surface area contributed by atoms with Gasteiger partial charge in [0.25, 0.3) is 5.56 Å². The number of pyridine rings is 1. The van der Waals surface area contributed by atoms with Crippen LogP contribution in [0, 0.1) is 0 Å². The Morgan fingerprint density at radius 1 is 1.14 bits per heavy atom. The van der Waals surface area contributed by atoms with Gasteiger partial charge in [-0.3, -0.25) is 9.59 Å². The van der Waals surface area contributed by atoms with Gasteiger partial charge in [0, 0.05) is 40.5 Å². The molecule has 0 fully saturated rings. The first-order valence-electron chi connectivity index (χ1n) is 11.7. The molecule has 10 nitrogen and oxygen atoms in total. The Balaban J connectivity index is 1.35. The highest BCUT2D eigenvalue weighted by molar-refractivity contribution is 6.31. The number of fused-ring (bicyclic) bond motifs is 1. The number of nitrogens with zero attached hydrogens (tertiary/aromatic N) is 6. The van der Waals surface area contributed by atoms with E-state index < -0.39 is 0 Å². The Morgan fingerprint density at radius 3 is 2.84 bits per heavy atom. The zero-order chi connectivity index (χ0) is 25.5. The van der Waals surface area contributed by atoms with E-state index in [4.69, 9.17) is 11.6 Å². The van der Waals surface area contributed by atoms with Crippen molar-refractivity contribution in [1.29, 1.82) is 0 Å². The van der Waals surface area contributed by atoms with Gasteiger partial charge in [0.05, 0.1) is 23.6 Å². The molecule has 3 aromatic heterocycles. The summed E-state index contributed by atoms with van der Waals surface area (Å²) in [6, 6.07) is 16.3. The summed E-state index contributed by atoms with van der Waals surface area (Å²) in [6.45, 7) is 1.47. The van der Waals surface area contributed by atoms with Gasteiger partial charge >= 0.3 is 0 Å². The number of rotatable bonds is 5. The van der Waals surface area contributed by atoms with E-state index in [0.29, 0.717) is 16.5 Å². The number of benzene rings is 2. The van der Waals surface area contributed by atoms with Crippen molar-refractivity contribution in [3.05, 3.63) is 94.0 Å². The van der Waals surface area contributed by atoms with E-state index in [1.807, 2.05) is 42.5 Å². The molecule has 11 heteroatoms. The van der Waals surface area contributed by atoms with E-state index in [1.165, 1.54) is 13.3 Å². The molecule has 37 heavy (non-hydrogen) atoms. The lowest BCUT2D eigenvalue weighted by molar-refractivity contribution is -0.114. The van der Waals surface area contributed by atoms with Gasteiger partial charge in [0.15, 0.2) is 0 Å². The van der Waals surface area contributed by atoms with Gasteiger partial charge in [-0.05, 0) is 65.2 Å². The molecule has 184 valence electrons. The van der Waals surface area contributed by atoms with E-state index >= 15 is 0 Å². The van der Waals surface area contributed by atoms with Crippen molar-refractivity contribution in [3.63, 3.8) is 0 Å². The Bertz CT molecular complexity index is 1690. The number of tetrazole rings is 1. The van der Waals surface area contributed by atoms with Crippen LogP contribution in [-0.2, 0) is 11.2 Å². The van der Waals surface area contributed by atoms with Crippen LogP contribution in [0.5, 0.6) is 0 Å². The number of anilines is 1. The normalized spacial score (nSPS) is 14.5. The second-order valence-corrected chi connectivity index (χ2v) is 9.29. The lowest BCUT2D eigenvalue weighted by Gasteiger charge is -2.15. The Morgan fingerprint density at radius 2 is 2.03 bits per heavy atom. The van der Waals surface area contributed by atoms with Gasteiger partial charge in [-0.1, -0.05) is 23.7 Å². The molecule has 2 N–H and O–H groups in total. The zero-order valence-electron chi connectivity index (χ0n) is 19.7. The molecular formula is C26H21ClN8O2. The number of carbonyl (C=O) groups is 1. The molecule has 4 heterocycles. The van der Waals surface area contributed by atoms with Crippen molar-refractivity contribution >= 4 is 23.2 Å². The minimum absolute atomic E-state index is 0.122. The lowest BCUT2D eigenvalue weighted by Crippen LogP contribution is -2.23. The predicted molar refractivity (Wildman–Crippen MR) is 139 cm³/mol. The van der Waals surface area contributed by atoms with E-state index in [0.717, 1.165) is 46.6 Å². The fraction of sp³-hybridized carbons (Fsp3) is 0.154. The average Bonchev–Trinajstić information content (AvgIpc) is 3.64. The molecule has 0 saturated heterocycles. The second kappa shape index (κ2) is 9.14. The zero-order valence-corrected chi connectivity index (χ0v) is 20.5. The molecule has 1 atom stereocenters. The molecule has 5 aromatic rings. The first-order valence-corrected chi connectivity index (χ1v) is 12.1. The number of nitrogens with one attached hydrogen (secondary N) is 2. The van der Waals surface area contributed by atoms with Crippen molar-refractivity contribution in [2.45, 2.75) is 25.8 Å². The first-order chi connectivity index (χ1) is 18.0. The number of carbonyl (C=O) groups excluding carboxylic acids is 1. The number of hydrogen-bond donors (Lipinski definition) is 2. The van der Waals surface area contributed by atoms with Crippen LogP contribution < -0.4 is 10.9 Å². The van der Waals surface area contributed by atoms with Gasteiger partial charge in [-0.2, -0.15) is 4.68 Å². The maximum absolute atomic E-state index is 13.4. The molecule has 0 spiro atoms. The van der Waals surface area contributed by atoms with Crippen LogP contribution in [0.3, 0.4) is 0 Å². The van der Waals surface area contributed by atoms with Crippen LogP contribution in [0.4, 0.5) is 5.69 Å². The summed E-state index contributed by atoms with van der Waals surface area (Å²) in [4.78, 5) is 32.8. The minimum atomic E-state index is -0.206. The SMILES string of the molecule is CC(=O)Nc1cccc(-c2cnc([C@@H]3CCc4cc(-c5cc(Cl)ccc5-n5cnnn5)cc(=O)n43)[nH]2)c1. The van der Waals surface area contributed by atoms with Gasteiger partial charge < -0.3 is 14.9 Å². The molecule has 1 aliphatic rings. The second-order valence-electron chi connectivity index (χ2n) is 8.86. The maximum atomic E-state index is 13.4. The van der Waals surface area contributed by atoms with Gasteiger partial charge in [-0.15, -0.1) is 5.10 Å². The number of H-pyrrole nitrogens is 1. The highest BCUT2D eigenvalue weighted by atomic mass is 35.5. The van der Waals surface area contributed by atoms with E-state index in [1.54, 1.807) is 27.6 Å². The van der Waals surface area contributed by atoms with E-state index in [-0.39, 0.29) is 17.5 Å². The van der Waals surface area contributed by atoms with Crippen molar-refractivity contribution in [1.82, 2.24) is 34.7 Å². The van der Waals surface area contributed by atoms with E-state index in [9.17, 15) is 9.59 Å². The summed E-state index contributed by atoms with van der Waals surface area (Å²) in [5.41, 5.74) is 5.45. The minimum Gasteiger partial charge on any atom is -0.340 e. The van der Waals surface area contributed by atoms with Crippen LogP contribution in [0.2, 0.25) is 5.02 Å². The largest absolute Gasteiger partial charge is 0.340 e. The number of imidazole rings is 1. The molecule has 0 bridgehead atoms. The highest BCUT2D eigenvalue weighted by Crippen LogP contribution is 2.34. The number of hydrogen-bond acceptors (Lipinski definition) is 6. The average molecular weight is 513 g/mol. The fourth-order valence-corrected chi connectivity index (χ4v) is 5.01. The smallest absolute Gasteiger partial charge is 0.252 e. The number of aromatic nitrogens is 7. The Labute approximate surface area is 215 Å².